The maximum Gasteiger partial charge on any atom is 0.270 e. The van der Waals surface area contributed by atoms with Gasteiger partial charge < -0.3 is 20.7 Å². The number of non-ortho nitro benzene ring substituents is 1. The number of fused-ring (bicyclic) bond motifs is 1. The van der Waals surface area contributed by atoms with Gasteiger partial charge in [-0.2, -0.15) is 0 Å². The lowest BCUT2D eigenvalue weighted by Gasteiger charge is -2.15. The van der Waals surface area contributed by atoms with Crippen LogP contribution in [0.5, 0.6) is 0 Å². The van der Waals surface area contributed by atoms with E-state index >= 15 is 0 Å². The average Bonchev–Trinajstić information content (AvgIpc) is 3.18. The van der Waals surface area contributed by atoms with Gasteiger partial charge in [0.25, 0.3) is 11.6 Å². The van der Waals surface area contributed by atoms with Crippen LogP contribution in [-0.4, -0.2) is 37.6 Å². The van der Waals surface area contributed by atoms with Crippen molar-refractivity contribution in [3.05, 3.63) is 99.6 Å². The van der Waals surface area contributed by atoms with Crippen LogP contribution in [0.15, 0.2) is 72.8 Å². The number of carbonyl (C=O) groups excluding carboxylic acids is 1. The maximum absolute atomic E-state index is 13.0. The van der Waals surface area contributed by atoms with Crippen molar-refractivity contribution in [3.8, 4) is 0 Å². The summed E-state index contributed by atoms with van der Waals surface area (Å²) in [4.78, 5) is 23.8. The second-order valence-electron chi connectivity index (χ2n) is 7.87. The molecule has 1 heterocycles. The zero-order valence-corrected chi connectivity index (χ0v) is 21.0. The largest absolute Gasteiger partial charge is 0.383 e. The highest BCUT2D eigenvalue weighted by atomic mass is 79.9. The molecule has 0 unspecified atom stereocenters. The second kappa shape index (κ2) is 12.3. The van der Waals surface area contributed by atoms with E-state index in [9.17, 15) is 14.9 Å². The fraction of sp³-hybridized carbons (Fsp3) is 0.192. The summed E-state index contributed by atoms with van der Waals surface area (Å²) in [5, 5.41) is 20.9. The number of hydrogen-bond donors (Lipinski definition) is 3. The minimum Gasteiger partial charge on any atom is -0.383 e. The first kappa shape index (κ1) is 26.1. The number of nitro groups is 1. The molecule has 1 aliphatic heterocycles. The van der Waals surface area contributed by atoms with E-state index in [1.165, 1.54) is 17.7 Å². The van der Waals surface area contributed by atoms with Gasteiger partial charge in [-0.3, -0.25) is 14.9 Å². The minimum absolute atomic E-state index is 0. The molecule has 0 spiro atoms. The van der Waals surface area contributed by atoms with Gasteiger partial charge in [0.15, 0.2) is 0 Å². The van der Waals surface area contributed by atoms with Gasteiger partial charge in [-0.1, -0.05) is 42.5 Å². The van der Waals surface area contributed by atoms with Crippen LogP contribution >= 0.6 is 17.0 Å². The Morgan fingerprint density at radius 3 is 2.46 bits per heavy atom. The summed E-state index contributed by atoms with van der Waals surface area (Å²) in [6, 6.07) is 21.9. The Hall–Kier alpha value is -3.53. The molecule has 0 saturated carbocycles. The van der Waals surface area contributed by atoms with Gasteiger partial charge in [-0.15, -0.1) is 17.0 Å². The summed E-state index contributed by atoms with van der Waals surface area (Å²) < 4.78 is 5.04. The quantitative estimate of drug-likeness (QED) is 0.147. The molecule has 0 fully saturated rings. The molecule has 1 aliphatic rings. The van der Waals surface area contributed by atoms with Gasteiger partial charge in [-0.05, 0) is 42.3 Å². The normalized spacial score (nSPS) is 13.5. The van der Waals surface area contributed by atoms with Crippen LogP contribution in [0.2, 0.25) is 0 Å². The number of anilines is 2. The number of nitro benzene ring substituents is 1. The third kappa shape index (κ3) is 6.33. The highest BCUT2D eigenvalue weighted by Gasteiger charge is 2.30. The number of rotatable bonds is 10. The minimum atomic E-state index is -0.459. The summed E-state index contributed by atoms with van der Waals surface area (Å²) >= 11 is 0. The molecule has 0 saturated heterocycles. The summed E-state index contributed by atoms with van der Waals surface area (Å²) in [7, 11) is 1.68. The smallest absolute Gasteiger partial charge is 0.270 e. The number of halogens is 1. The molecule has 8 nitrogen and oxygen atoms in total. The van der Waals surface area contributed by atoms with Crippen LogP contribution in [0.3, 0.4) is 0 Å². The molecule has 3 N–H and O–H groups in total. The van der Waals surface area contributed by atoms with Crippen LogP contribution in [0, 0.1) is 10.1 Å². The number of nitrogens with one attached hydrogen (secondary N) is 3. The molecule has 0 aliphatic carbocycles. The molecule has 0 aromatic heterocycles. The number of carbonyl (C=O) groups is 1. The molecule has 9 heteroatoms. The van der Waals surface area contributed by atoms with E-state index in [2.05, 4.69) is 16.0 Å². The predicted molar refractivity (Wildman–Crippen MR) is 144 cm³/mol. The number of amides is 1. The van der Waals surface area contributed by atoms with Gasteiger partial charge in [-0.25, -0.2) is 0 Å². The lowest BCUT2D eigenvalue weighted by atomic mass is 9.99. The Morgan fingerprint density at radius 2 is 1.77 bits per heavy atom. The third-order valence-corrected chi connectivity index (χ3v) is 5.57. The average molecular weight is 539 g/mol. The van der Waals surface area contributed by atoms with Crippen molar-refractivity contribution < 1.29 is 14.5 Å². The molecular formula is C26H27BrN4O4. The predicted octanol–water partition coefficient (Wildman–Crippen LogP) is 4.88. The summed E-state index contributed by atoms with van der Waals surface area (Å²) in [6.07, 6.45) is 0.885. The molecule has 0 bridgehead atoms. The van der Waals surface area contributed by atoms with Crippen molar-refractivity contribution in [3.63, 3.8) is 0 Å². The Kier molecular flexibility index (Phi) is 9.13. The number of methoxy groups -OCH3 is 1. The molecule has 3 aromatic carbocycles. The van der Waals surface area contributed by atoms with Crippen LogP contribution in [-0.2, 0) is 16.0 Å². The van der Waals surface area contributed by atoms with Crippen molar-refractivity contribution in [2.75, 3.05) is 37.4 Å². The number of ether oxygens (including phenoxy) is 1. The number of benzene rings is 3. The van der Waals surface area contributed by atoms with E-state index in [1.807, 2.05) is 54.6 Å². The van der Waals surface area contributed by atoms with Crippen molar-refractivity contribution in [1.29, 1.82) is 0 Å². The van der Waals surface area contributed by atoms with Crippen LogP contribution < -0.4 is 16.0 Å². The SMILES string of the molecule is Br.COCCNCCc1ccc(N/C(=C2\C(=O)Nc3ccc([N+](=O)[O-])cc32)c2ccccc2)cc1. The van der Waals surface area contributed by atoms with Gasteiger partial charge in [0.05, 0.1) is 22.8 Å². The molecule has 35 heavy (non-hydrogen) atoms. The van der Waals surface area contributed by atoms with Crippen molar-refractivity contribution in [1.82, 2.24) is 5.32 Å². The van der Waals surface area contributed by atoms with E-state index in [1.54, 1.807) is 13.2 Å². The second-order valence-corrected chi connectivity index (χ2v) is 7.87. The van der Waals surface area contributed by atoms with E-state index in [4.69, 9.17) is 4.74 Å². The fourth-order valence-corrected chi connectivity index (χ4v) is 3.83. The van der Waals surface area contributed by atoms with Crippen LogP contribution in [0.4, 0.5) is 17.1 Å². The Balaban J connectivity index is 0.00000342. The van der Waals surface area contributed by atoms with E-state index in [0.29, 0.717) is 29.1 Å². The van der Waals surface area contributed by atoms with Gasteiger partial charge in [0, 0.05) is 42.7 Å². The van der Waals surface area contributed by atoms with Gasteiger partial charge in [0.1, 0.15) is 0 Å². The van der Waals surface area contributed by atoms with Crippen molar-refractivity contribution in [2.24, 2.45) is 0 Å². The molecule has 1 amide bonds. The Morgan fingerprint density at radius 1 is 1.03 bits per heavy atom. The fourth-order valence-electron chi connectivity index (χ4n) is 3.83. The first-order valence-corrected chi connectivity index (χ1v) is 11.0. The maximum atomic E-state index is 13.0. The number of nitrogens with zero attached hydrogens (tertiary/aromatic N) is 1. The van der Waals surface area contributed by atoms with Crippen molar-refractivity contribution in [2.45, 2.75) is 6.42 Å². The van der Waals surface area contributed by atoms with Gasteiger partial charge >= 0.3 is 0 Å². The standard InChI is InChI=1S/C26H26N4O4.BrH/c1-34-16-15-27-14-13-18-7-9-20(10-8-18)28-25(19-5-3-2-4-6-19)24-22-17-21(30(32)33)11-12-23(22)29-26(24)31;/h2-12,17,27-28H,13-16H2,1H3,(H,29,31);1H/b25-24-;. The summed E-state index contributed by atoms with van der Waals surface area (Å²) in [5.74, 6) is -0.305. The third-order valence-electron chi connectivity index (χ3n) is 5.57. The van der Waals surface area contributed by atoms with Gasteiger partial charge in [0.2, 0.25) is 0 Å². The first-order valence-electron chi connectivity index (χ1n) is 11.0. The van der Waals surface area contributed by atoms with Crippen molar-refractivity contribution >= 4 is 51.2 Å². The Bertz CT molecular complexity index is 1210. The zero-order valence-electron chi connectivity index (χ0n) is 19.2. The van der Waals surface area contributed by atoms with Crippen LogP contribution in [0.1, 0.15) is 16.7 Å². The lowest BCUT2D eigenvalue weighted by molar-refractivity contribution is -0.384. The molecule has 3 aromatic rings. The molecular weight excluding hydrogens is 512 g/mol. The van der Waals surface area contributed by atoms with Crippen LogP contribution in [0.25, 0.3) is 11.3 Å². The summed E-state index contributed by atoms with van der Waals surface area (Å²) in [5.41, 5.74) is 4.75. The molecule has 182 valence electrons. The van der Waals surface area contributed by atoms with E-state index in [0.717, 1.165) is 30.8 Å². The zero-order chi connectivity index (χ0) is 23.9. The lowest BCUT2D eigenvalue weighted by Crippen LogP contribution is -2.21. The topological polar surface area (TPSA) is 106 Å². The first-order chi connectivity index (χ1) is 16.6. The molecule has 4 rings (SSSR count). The van der Waals surface area contributed by atoms with E-state index in [-0.39, 0.29) is 28.6 Å². The van der Waals surface area contributed by atoms with E-state index < -0.39 is 4.92 Å². The monoisotopic (exact) mass is 538 g/mol. The summed E-state index contributed by atoms with van der Waals surface area (Å²) in [6.45, 7) is 2.34. The number of hydrogen-bond acceptors (Lipinski definition) is 6. The molecule has 0 radical (unpaired) electrons. The molecule has 0 atom stereocenters. The highest BCUT2D eigenvalue weighted by Crippen LogP contribution is 2.39. The highest BCUT2D eigenvalue weighted by molar-refractivity contribution is 8.93. The Labute approximate surface area is 214 Å².